The number of carbonyl (C=O) groups is 1. The van der Waals surface area contributed by atoms with Gasteiger partial charge in [-0.05, 0) is 24.5 Å². The minimum absolute atomic E-state index is 0.0539. The van der Waals surface area contributed by atoms with E-state index < -0.39 is 0 Å². The molecule has 1 unspecified atom stereocenters. The van der Waals surface area contributed by atoms with Crippen LogP contribution in [0.25, 0.3) is 0 Å². The molecule has 5 nitrogen and oxygen atoms in total. The Hall–Kier alpha value is -2.40. The smallest absolute Gasteiger partial charge is 0.253 e. The van der Waals surface area contributed by atoms with Crippen molar-refractivity contribution in [3.63, 3.8) is 0 Å². The van der Waals surface area contributed by atoms with E-state index in [-0.39, 0.29) is 24.0 Å². The Labute approximate surface area is 129 Å². The lowest BCUT2D eigenvalue weighted by Crippen LogP contribution is -2.30. The van der Waals surface area contributed by atoms with E-state index in [1.807, 2.05) is 30.3 Å². The molecule has 22 heavy (non-hydrogen) atoms. The number of aliphatic hydroxyl groups excluding tert-OH is 1. The van der Waals surface area contributed by atoms with Gasteiger partial charge in [-0.25, -0.2) is 0 Å². The monoisotopic (exact) mass is 300 g/mol. The summed E-state index contributed by atoms with van der Waals surface area (Å²) in [6.45, 7) is 2.22. The van der Waals surface area contributed by atoms with Crippen LogP contribution in [0.3, 0.4) is 0 Å². The van der Waals surface area contributed by atoms with Crippen LogP contribution in [0, 0.1) is 6.92 Å². The number of aromatic amines is 1. The van der Waals surface area contributed by atoms with E-state index in [1.165, 1.54) is 12.3 Å². The van der Waals surface area contributed by atoms with Crippen molar-refractivity contribution in [2.24, 2.45) is 0 Å². The van der Waals surface area contributed by atoms with Gasteiger partial charge in [0.15, 0.2) is 0 Å². The SMILES string of the molecule is Cc1cc(=O)[nH]cc1C(=O)NCC(CCO)c1ccccc1. The van der Waals surface area contributed by atoms with E-state index in [1.54, 1.807) is 6.92 Å². The van der Waals surface area contributed by atoms with E-state index in [9.17, 15) is 14.7 Å². The highest BCUT2D eigenvalue weighted by Gasteiger charge is 2.14. The standard InChI is InChI=1S/C17H20N2O3/c1-12-9-16(21)18-11-15(12)17(22)19-10-14(7-8-20)13-5-3-2-4-6-13/h2-6,9,11,14,20H,7-8,10H2,1H3,(H,18,21)(H,19,22). The summed E-state index contributed by atoms with van der Waals surface area (Å²) in [4.78, 5) is 25.9. The fourth-order valence-electron chi connectivity index (χ4n) is 2.40. The van der Waals surface area contributed by atoms with E-state index in [2.05, 4.69) is 10.3 Å². The summed E-state index contributed by atoms with van der Waals surface area (Å²) < 4.78 is 0. The maximum atomic E-state index is 12.2. The molecule has 0 bridgehead atoms. The number of rotatable bonds is 6. The van der Waals surface area contributed by atoms with Gasteiger partial charge in [0, 0.05) is 31.3 Å². The maximum Gasteiger partial charge on any atom is 0.253 e. The van der Waals surface area contributed by atoms with Gasteiger partial charge in [0.25, 0.3) is 5.91 Å². The predicted molar refractivity (Wildman–Crippen MR) is 85.0 cm³/mol. The number of aromatic nitrogens is 1. The van der Waals surface area contributed by atoms with Crippen LogP contribution < -0.4 is 10.9 Å². The first-order valence-corrected chi connectivity index (χ1v) is 7.25. The third kappa shape index (κ3) is 4.05. The van der Waals surface area contributed by atoms with Crippen molar-refractivity contribution >= 4 is 5.91 Å². The highest BCUT2D eigenvalue weighted by molar-refractivity contribution is 5.95. The summed E-state index contributed by atoms with van der Waals surface area (Å²) in [6, 6.07) is 11.2. The van der Waals surface area contributed by atoms with Crippen molar-refractivity contribution in [3.05, 3.63) is 69.6 Å². The van der Waals surface area contributed by atoms with Crippen LogP contribution in [0.2, 0.25) is 0 Å². The van der Waals surface area contributed by atoms with Crippen LogP contribution in [0.15, 0.2) is 47.4 Å². The molecule has 0 aliphatic carbocycles. The number of nitrogens with one attached hydrogen (secondary N) is 2. The normalized spacial score (nSPS) is 11.9. The molecule has 1 aromatic heterocycles. The Morgan fingerprint density at radius 2 is 2.05 bits per heavy atom. The van der Waals surface area contributed by atoms with Gasteiger partial charge in [0.1, 0.15) is 0 Å². The number of pyridine rings is 1. The van der Waals surface area contributed by atoms with Crippen molar-refractivity contribution in [2.45, 2.75) is 19.3 Å². The Morgan fingerprint density at radius 1 is 1.32 bits per heavy atom. The van der Waals surface area contributed by atoms with E-state index >= 15 is 0 Å². The molecule has 2 aromatic rings. The quantitative estimate of drug-likeness (QED) is 0.757. The first kappa shape index (κ1) is 16.0. The molecule has 1 atom stereocenters. The second-order valence-corrected chi connectivity index (χ2v) is 5.22. The molecule has 2 rings (SSSR count). The fourth-order valence-corrected chi connectivity index (χ4v) is 2.40. The zero-order valence-electron chi connectivity index (χ0n) is 12.5. The average molecular weight is 300 g/mol. The molecule has 116 valence electrons. The Morgan fingerprint density at radius 3 is 2.68 bits per heavy atom. The van der Waals surface area contributed by atoms with Gasteiger partial charge < -0.3 is 15.4 Å². The van der Waals surface area contributed by atoms with Gasteiger partial charge in [0.2, 0.25) is 5.56 Å². The first-order valence-electron chi connectivity index (χ1n) is 7.25. The van der Waals surface area contributed by atoms with Crippen LogP contribution in [0.5, 0.6) is 0 Å². The van der Waals surface area contributed by atoms with Gasteiger partial charge in [-0.2, -0.15) is 0 Å². The largest absolute Gasteiger partial charge is 0.396 e. The predicted octanol–water partition coefficient (Wildman–Crippen LogP) is 1.58. The van der Waals surface area contributed by atoms with E-state index in [0.29, 0.717) is 24.1 Å². The third-order valence-corrected chi connectivity index (χ3v) is 3.63. The van der Waals surface area contributed by atoms with Gasteiger partial charge in [0.05, 0.1) is 5.56 Å². The molecule has 1 amide bonds. The summed E-state index contributed by atoms with van der Waals surface area (Å²) in [5, 5.41) is 12.1. The number of H-pyrrole nitrogens is 1. The number of hydrogen-bond acceptors (Lipinski definition) is 3. The number of carbonyl (C=O) groups excluding carboxylic acids is 1. The summed E-state index contributed by atoms with van der Waals surface area (Å²) in [6.07, 6.45) is 2.01. The molecular formula is C17H20N2O3. The number of aliphatic hydroxyl groups is 1. The summed E-state index contributed by atoms with van der Waals surface area (Å²) >= 11 is 0. The zero-order chi connectivity index (χ0) is 15.9. The van der Waals surface area contributed by atoms with E-state index in [0.717, 1.165) is 5.56 Å². The molecule has 0 saturated carbocycles. The minimum atomic E-state index is -0.229. The summed E-state index contributed by atoms with van der Waals surface area (Å²) in [5.74, 6) is -0.175. The molecule has 0 spiro atoms. The highest BCUT2D eigenvalue weighted by atomic mass is 16.3. The Kier molecular flexibility index (Phi) is 5.49. The lowest BCUT2D eigenvalue weighted by Gasteiger charge is -2.17. The number of amides is 1. The molecule has 0 aliphatic rings. The minimum Gasteiger partial charge on any atom is -0.396 e. The summed E-state index contributed by atoms with van der Waals surface area (Å²) in [5.41, 5.74) is 1.95. The van der Waals surface area contributed by atoms with Crippen molar-refractivity contribution in [2.75, 3.05) is 13.2 Å². The summed E-state index contributed by atoms with van der Waals surface area (Å²) in [7, 11) is 0. The molecule has 0 aliphatic heterocycles. The van der Waals surface area contributed by atoms with Crippen molar-refractivity contribution < 1.29 is 9.90 Å². The molecule has 1 aromatic carbocycles. The molecule has 5 heteroatoms. The maximum absolute atomic E-state index is 12.2. The van der Waals surface area contributed by atoms with Gasteiger partial charge in [-0.3, -0.25) is 9.59 Å². The van der Waals surface area contributed by atoms with Crippen LogP contribution in [0.1, 0.15) is 33.8 Å². The zero-order valence-corrected chi connectivity index (χ0v) is 12.5. The topological polar surface area (TPSA) is 82.2 Å². The fraction of sp³-hybridized carbons (Fsp3) is 0.294. The van der Waals surface area contributed by atoms with Crippen molar-refractivity contribution in [1.29, 1.82) is 0 Å². The molecule has 3 N–H and O–H groups in total. The second kappa shape index (κ2) is 7.56. The van der Waals surface area contributed by atoms with Crippen LogP contribution in [-0.2, 0) is 0 Å². The van der Waals surface area contributed by atoms with Crippen molar-refractivity contribution in [1.82, 2.24) is 10.3 Å². The Bertz CT molecular complexity index is 680. The number of hydrogen-bond donors (Lipinski definition) is 3. The molecule has 0 fully saturated rings. The molecular weight excluding hydrogens is 280 g/mol. The van der Waals surface area contributed by atoms with E-state index in [4.69, 9.17) is 0 Å². The number of aryl methyl sites for hydroxylation is 1. The molecule has 0 radical (unpaired) electrons. The lowest BCUT2D eigenvalue weighted by atomic mass is 9.96. The van der Waals surface area contributed by atoms with Gasteiger partial charge >= 0.3 is 0 Å². The van der Waals surface area contributed by atoms with Crippen LogP contribution >= 0.6 is 0 Å². The van der Waals surface area contributed by atoms with Crippen LogP contribution in [0.4, 0.5) is 0 Å². The van der Waals surface area contributed by atoms with Crippen molar-refractivity contribution in [3.8, 4) is 0 Å². The Balaban J connectivity index is 2.06. The average Bonchev–Trinajstić information content (AvgIpc) is 2.52. The molecule has 0 saturated heterocycles. The first-order chi connectivity index (χ1) is 10.6. The number of benzene rings is 1. The highest BCUT2D eigenvalue weighted by Crippen LogP contribution is 2.18. The van der Waals surface area contributed by atoms with Crippen LogP contribution in [-0.4, -0.2) is 29.1 Å². The lowest BCUT2D eigenvalue weighted by molar-refractivity contribution is 0.0948. The van der Waals surface area contributed by atoms with Gasteiger partial charge in [-0.15, -0.1) is 0 Å². The van der Waals surface area contributed by atoms with Gasteiger partial charge in [-0.1, -0.05) is 30.3 Å². The second-order valence-electron chi connectivity index (χ2n) is 5.22. The molecule has 1 heterocycles. The third-order valence-electron chi connectivity index (χ3n) is 3.63.